The molecule has 0 atom stereocenters. The summed E-state index contributed by atoms with van der Waals surface area (Å²) >= 11 is 6.86. The van der Waals surface area contributed by atoms with E-state index in [0.717, 1.165) is 16.6 Å². The fourth-order valence-electron chi connectivity index (χ4n) is 5.05. The van der Waals surface area contributed by atoms with Gasteiger partial charge in [-0.1, -0.05) is 11.6 Å². The first-order valence-corrected chi connectivity index (χ1v) is 11.2. The maximum absolute atomic E-state index is 13.4. The van der Waals surface area contributed by atoms with Crippen LogP contribution in [0, 0.1) is 0 Å². The van der Waals surface area contributed by atoms with Crippen LogP contribution >= 0.6 is 11.6 Å². The number of aromatic amines is 1. The first-order valence-electron chi connectivity index (χ1n) is 10.8. The molecule has 0 spiro atoms. The maximum atomic E-state index is 13.4. The van der Waals surface area contributed by atoms with Gasteiger partial charge in [0.25, 0.3) is 5.91 Å². The summed E-state index contributed by atoms with van der Waals surface area (Å²) in [6, 6.07) is 3.76. The van der Waals surface area contributed by atoms with Gasteiger partial charge in [0.15, 0.2) is 0 Å². The summed E-state index contributed by atoms with van der Waals surface area (Å²) in [5, 5.41) is 6.21. The molecule has 10 nitrogen and oxygen atoms in total. The first-order chi connectivity index (χ1) is 16.3. The molecule has 5 aromatic heterocycles. The summed E-state index contributed by atoms with van der Waals surface area (Å²) in [5.41, 5.74) is 10.2. The Kier molecular flexibility index (Phi) is 4.28. The Balaban J connectivity index is 1.63. The van der Waals surface area contributed by atoms with Crippen molar-refractivity contribution in [3.63, 3.8) is 0 Å². The first kappa shape index (κ1) is 20.7. The van der Waals surface area contributed by atoms with Crippen molar-refractivity contribution < 1.29 is 4.79 Å². The molecule has 6 rings (SSSR count). The Morgan fingerprint density at radius 3 is 2.82 bits per heavy atom. The highest BCUT2D eigenvalue weighted by atomic mass is 35.5. The van der Waals surface area contributed by atoms with Crippen molar-refractivity contribution in [3.8, 4) is 11.3 Å². The Bertz CT molecular complexity index is 1610. The molecular formula is C23H22ClN9O. The Morgan fingerprint density at radius 2 is 2.09 bits per heavy atom. The summed E-state index contributed by atoms with van der Waals surface area (Å²) < 4.78 is 3.77. The van der Waals surface area contributed by atoms with Crippen molar-refractivity contribution in [2.24, 2.45) is 7.05 Å². The molecule has 34 heavy (non-hydrogen) atoms. The maximum Gasteiger partial charge on any atom is 0.257 e. The zero-order chi connectivity index (χ0) is 23.8. The SMILES string of the molecule is Cn1cc(C(=O)N2Cc3c(-c4[nH]c5ncccc5c4Cl)c4c(N)ncnc4n3C(C)(C)C2)cn1. The lowest BCUT2D eigenvalue weighted by Gasteiger charge is -2.41. The fourth-order valence-corrected chi connectivity index (χ4v) is 5.34. The van der Waals surface area contributed by atoms with Crippen LogP contribution in [0.5, 0.6) is 0 Å². The van der Waals surface area contributed by atoms with Gasteiger partial charge in [-0.25, -0.2) is 15.0 Å². The highest BCUT2D eigenvalue weighted by Crippen LogP contribution is 2.45. The van der Waals surface area contributed by atoms with E-state index in [-0.39, 0.29) is 5.91 Å². The predicted octanol–water partition coefficient (Wildman–Crippen LogP) is 3.33. The predicted molar refractivity (Wildman–Crippen MR) is 129 cm³/mol. The highest BCUT2D eigenvalue weighted by Gasteiger charge is 2.39. The normalized spacial score (nSPS) is 15.2. The van der Waals surface area contributed by atoms with Gasteiger partial charge in [-0.05, 0) is 26.0 Å². The summed E-state index contributed by atoms with van der Waals surface area (Å²) in [4.78, 5) is 31.9. The van der Waals surface area contributed by atoms with Crippen molar-refractivity contribution in [1.82, 2.24) is 39.2 Å². The second kappa shape index (κ2) is 7.04. The summed E-state index contributed by atoms with van der Waals surface area (Å²) in [6.07, 6.45) is 6.49. The lowest BCUT2D eigenvalue weighted by atomic mass is 9.98. The number of H-pyrrole nitrogens is 1. The van der Waals surface area contributed by atoms with Crippen molar-refractivity contribution in [3.05, 3.63) is 53.3 Å². The average Bonchev–Trinajstić information content (AvgIpc) is 3.47. The number of hydrogen-bond donors (Lipinski definition) is 2. The third-order valence-electron chi connectivity index (χ3n) is 6.40. The number of nitrogens with one attached hydrogen (secondary N) is 1. The van der Waals surface area contributed by atoms with E-state index < -0.39 is 5.54 Å². The van der Waals surface area contributed by atoms with Crippen LogP contribution in [0.3, 0.4) is 0 Å². The van der Waals surface area contributed by atoms with E-state index >= 15 is 0 Å². The van der Waals surface area contributed by atoms with Gasteiger partial charge in [-0.15, -0.1) is 0 Å². The minimum Gasteiger partial charge on any atom is -0.383 e. The van der Waals surface area contributed by atoms with Crippen LogP contribution in [-0.2, 0) is 19.1 Å². The third kappa shape index (κ3) is 2.84. The number of nitrogen functional groups attached to an aromatic ring is 1. The number of carbonyl (C=O) groups excluding carboxylic acids is 1. The molecule has 3 N–H and O–H groups in total. The van der Waals surface area contributed by atoms with Crippen LogP contribution in [0.2, 0.25) is 5.02 Å². The van der Waals surface area contributed by atoms with Gasteiger partial charge in [-0.3, -0.25) is 9.48 Å². The molecule has 1 aliphatic heterocycles. The minimum absolute atomic E-state index is 0.0907. The van der Waals surface area contributed by atoms with Gasteiger partial charge in [0, 0.05) is 42.6 Å². The zero-order valence-electron chi connectivity index (χ0n) is 18.9. The van der Waals surface area contributed by atoms with E-state index in [1.165, 1.54) is 6.33 Å². The molecule has 0 bridgehead atoms. The van der Waals surface area contributed by atoms with E-state index in [9.17, 15) is 4.79 Å². The molecule has 0 radical (unpaired) electrons. The molecule has 0 aliphatic carbocycles. The summed E-state index contributed by atoms with van der Waals surface area (Å²) in [5.74, 6) is 0.262. The van der Waals surface area contributed by atoms with Crippen molar-refractivity contribution >= 4 is 45.4 Å². The zero-order valence-corrected chi connectivity index (χ0v) is 19.6. The van der Waals surface area contributed by atoms with Crippen molar-refractivity contribution in [2.45, 2.75) is 25.9 Å². The van der Waals surface area contributed by atoms with Crippen LogP contribution in [0.1, 0.15) is 29.9 Å². The molecule has 172 valence electrons. The quantitative estimate of drug-likeness (QED) is 0.403. The Labute approximate surface area is 199 Å². The highest BCUT2D eigenvalue weighted by molar-refractivity contribution is 6.38. The monoisotopic (exact) mass is 475 g/mol. The lowest BCUT2D eigenvalue weighted by Crippen LogP contribution is -2.49. The van der Waals surface area contributed by atoms with Crippen molar-refractivity contribution in [2.75, 3.05) is 12.3 Å². The van der Waals surface area contributed by atoms with Gasteiger partial charge in [0.1, 0.15) is 23.4 Å². The number of anilines is 1. The van der Waals surface area contributed by atoms with Crippen molar-refractivity contribution in [1.29, 1.82) is 0 Å². The van der Waals surface area contributed by atoms with Crippen LogP contribution in [0.4, 0.5) is 5.82 Å². The molecular weight excluding hydrogens is 454 g/mol. The molecule has 0 fully saturated rings. The number of nitrogens with two attached hydrogens (primary N) is 1. The second-order valence-corrected chi connectivity index (χ2v) is 9.58. The molecule has 0 saturated heterocycles. The van der Waals surface area contributed by atoms with Crippen LogP contribution in [0.15, 0.2) is 37.1 Å². The molecule has 6 heterocycles. The topological polar surface area (TPSA) is 124 Å². The number of aryl methyl sites for hydroxylation is 1. The number of pyridine rings is 1. The standard InChI is InChI=1S/C23H22ClN9O/c1-23(2)10-32(22(34)12-7-29-31(3)8-12)9-14-15(16-19(25)27-11-28-21(16)33(14)23)18-17(24)13-5-4-6-26-20(13)30-18/h4-8,11H,9-10H2,1-3H3,(H,26,30)(H2,25,27,28). The van der Waals surface area contributed by atoms with Crippen LogP contribution < -0.4 is 5.73 Å². The summed E-state index contributed by atoms with van der Waals surface area (Å²) in [6.45, 7) is 4.99. The molecule has 11 heteroatoms. The number of aromatic nitrogens is 7. The largest absolute Gasteiger partial charge is 0.383 e. The number of hydrogen-bond acceptors (Lipinski definition) is 6. The second-order valence-electron chi connectivity index (χ2n) is 9.20. The number of halogens is 1. The Morgan fingerprint density at radius 1 is 1.26 bits per heavy atom. The van der Waals surface area contributed by atoms with E-state index in [1.54, 1.807) is 30.3 Å². The van der Waals surface area contributed by atoms with E-state index in [2.05, 4.69) is 43.4 Å². The molecule has 0 unspecified atom stereocenters. The van der Waals surface area contributed by atoms with E-state index in [1.807, 2.05) is 17.0 Å². The molecule has 1 amide bonds. The Hall–Kier alpha value is -3.92. The number of carbonyl (C=O) groups is 1. The van der Waals surface area contributed by atoms with Gasteiger partial charge in [0.2, 0.25) is 0 Å². The molecule has 0 saturated carbocycles. The number of rotatable bonds is 2. The number of nitrogens with zero attached hydrogens (tertiary/aromatic N) is 7. The number of fused-ring (bicyclic) bond motifs is 4. The molecule has 1 aliphatic rings. The third-order valence-corrected chi connectivity index (χ3v) is 6.79. The van der Waals surface area contributed by atoms with Gasteiger partial charge in [-0.2, -0.15) is 5.10 Å². The van der Waals surface area contributed by atoms with Crippen LogP contribution in [0.25, 0.3) is 33.3 Å². The number of amides is 1. The van der Waals surface area contributed by atoms with E-state index in [4.69, 9.17) is 17.3 Å². The van der Waals surface area contributed by atoms with Gasteiger partial charge >= 0.3 is 0 Å². The fraction of sp³-hybridized carbons (Fsp3) is 0.261. The van der Waals surface area contributed by atoms with Crippen LogP contribution in [-0.4, -0.2) is 51.6 Å². The average molecular weight is 476 g/mol. The lowest BCUT2D eigenvalue weighted by molar-refractivity contribution is 0.0615. The minimum atomic E-state index is -0.473. The summed E-state index contributed by atoms with van der Waals surface area (Å²) in [7, 11) is 1.79. The molecule has 0 aromatic carbocycles. The van der Waals surface area contributed by atoms with Gasteiger partial charge in [0.05, 0.1) is 39.9 Å². The molecule has 5 aromatic rings. The van der Waals surface area contributed by atoms with Gasteiger partial charge < -0.3 is 20.2 Å². The van der Waals surface area contributed by atoms with E-state index in [0.29, 0.717) is 51.9 Å². The smallest absolute Gasteiger partial charge is 0.257 e.